The van der Waals surface area contributed by atoms with Gasteiger partial charge in [-0.1, -0.05) is 6.92 Å². The Balaban J connectivity index is 2.38. The number of hydrogen-bond acceptors (Lipinski definition) is 7. The third-order valence-corrected chi connectivity index (χ3v) is 6.35. The highest BCUT2D eigenvalue weighted by Gasteiger charge is 2.41. The molecule has 7 nitrogen and oxygen atoms in total. The van der Waals surface area contributed by atoms with Crippen LogP contribution in [0.1, 0.15) is 29.5 Å². The van der Waals surface area contributed by atoms with Crippen molar-refractivity contribution >= 4 is 0 Å². The Morgan fingerprint density at radius 3 is 1.81 bits per heavy atom. The molecular formula is C24H32O7. The molecule has 0 saturated carbocycles. The van der Waals surface area contributed by atoms with E-state index in [1.807, 2.05) is 18.2 Å². The van der Waals surface area contributed by atoms with E-state index < -0.39 is 0 Å². The van der Waals surface area contributed by atoms with Crippen LogP contribution in [0.25, 0.3) is 0 Å². The molecule has 0 fully saturated rings. The van der Waals surface area contributed by atoms with E-state index in [1.165, 1.54) is 0 Å². The number of hydrogen-bond donors (Lipinski definition) is 1. The van der Waals surface area contributed by atoms with Crippen molar-refractivity contribution in [2.45, 2.75) is 19.3 Å². The van der Waals surface area contributed by atoms with Crippen LogP contribution < -0.4 is 28.4 Å². The van der Waals surface area contributed by atoms with Gasteiger partial charge in [0.15, 0.2) is 23.0 Å². The van der Waals surface area contributed by atoms with Crippen LogP contribution in [-0.4, -0.2) is 54.4 Å². The fraction of sp³-hybridized carbons (Fsp3) is 0.500. The molecule has 1 aliphatic carbocycles. The van der Waals surface area contributed by atoms with Gasteiger partial charge in [-0.15, -0.1) is 0 Å². The van der Waals surface area contributed by atoms with Crippen molar-refractivity contribution in [1.29, 1.82) is 0 Å². The fourth-order valence-electron chi connectivity index (χ4n) is 4.71. The lowest BCUT2D eigenvalue weighted by molar-refractivity contribution is 0.160. The summed E-state index contributed by atoms with van der Waals surface area (Å²) >= 11 is 0. The van der Waals surface area contributed by atoms with Crippen molar-refractivity contribution in [1.82, 2.24) is 0 Å². The third-order valence-electron chi connectivity index (χ3n) is 6.35. The minimum Gasteiger partial charge on any atom is -0.496 e. The number of ether oxygens (including phenoxy) is 6. The first-order valence-corrected chi connectivity index (χ1v) is 10.2. The van der Waals surface area contributed by atoms with Crippen LogP contribution in [0, 0.1) is 11.8 Å². The average Bonchev–Trinajstić information content (AvgIpc) is 2.81. The van der Waals surface area contributed by atoms with Gasteiger partial charge >= 0.3 is 0 Å². The van der Waals surface area contributed by atoms with E-state index in [9.17, 15) is 5.11 Å². The van der Waals surface area contributed by atoms with E-state index in [0.717, 1.165) is 16.7 Å². The Bertz CT molecular complexity index is 925. The van der Waals surface area contributed by atoms with E-state index in [0.29, 0.717) is 40.9 Å². The maximum Gasteiger partial charge on any atom is 0.165 e. The molecule has 0 spiro atoms. The predicted octanol–water partition coefficient (Wildman–Crippen LogP) is 3.67. The second-order valence-corrected chi connectivity index (χ2v) is 7.64. The lowest BCUT2D eigenvalue weighted by Crippen LogP contribution is -2.32. The first kappa shape index (κ1) is 22.9. The number of methoxy groups -OCH3 is 6. The molecule has 3 rings (SSSR count). The highest BCUT2D eigenvalue weighted by molar-refractivity contribution is 5.64. The Morgan fingerprint density at radius 1 is 0.742 bits per heavy atom. The molecule has 1 N–H and O–H groups in total. The van der Waals surface area contributed by atoms with Crippen LogP contribution >= 0.6 is 0 Å². The molecule has 0 saturated heterocycles. The van der Waals surface area contributed by atoms with Gasteiger partial charge in [-0.05, 0) is 24.3 Å². The van der Waals surface area contributed by atoms with Gasteiger partial charge in [-0.3, -0.25) is 0 Å². The molecule has 7 heteroatoms. The van der Waals surface area contributed by atoms with Crippen LogP contribution in [0.5, 0.6) is 34.5 Å². The van der Waals surface area contributed by atoms with E-state index in [-0.39, 0.29) is 24.4 Å². The molecule has 0 bridgehead atoms. The van der Waals surface area contributed by atoms with Crippen molar-refractivity contribution in [3.63, 3.8) is 0 Å². The number of fused-ring (bicyclic) bond motifs is 1. The fourth-order valence-corrected chi connectivity index (χ4v) is 4.71. The van der Waals surface area contributed by atoms with Gasteiger partial charge in [0.1, 0.15) is 11.5 Å². The minimum atomic E-state index is -0.158. The van der Waals surface area contributed by atoms with Gasteiger partial charge in [0, 0.05) is 41.3 Å². The normalized spacial score (nSPS) is 19.9. The molecule has 2 aromatic carbocycles. The zero-order chi connectivity index (χ0) is 22.7. The van der Waals surface area contributed by atoms with Gasteiger partial charge in [0.05, 0.1) is 42.7 Å². The minimum absolute atomic E-state index is 0.0299. The second-order valence-electron chi connectivity index (χ2n) is 7.64. The summed E-state index contributed by atoms with van der Waals surface area (Å²) in [4.78, 5) is 0. The summed E-state index contributed by atoms with van der Waals surface area (Å²) < 4.78 is 34.0. The summed E-state index contributed by atoms with van der Waals surface area (Å²) in [5, 5.41) is 10.2. The second kappa shape index (κ2) is 9.56. The number of aliphatic hydroxyl groups is 1. The molecular weight excluding hydrogens is 400 g/mol. The Hall–Kier alpha value is -2.80. The van der Waals surface area contributed by atoms with Gasteiger partial charge in [0.2, 0.25) is 0 Å². The Labute approximate surface area is 183 Å². The van der Waals surface area contributed by atoms with Crippen molar-refractivity contribution in [2.24, 2.45) is 11.8 Å². The molecule has 0 aromatic heterocycles. The average molecular weight is 433 g/mol. The summed E-state index contributed by atoms with van der Waals surface area (Å²) in [7, 11) is 9.71. The first-order chi connectivity index (χ1) is 15.0. The summed E-state index contributed by atoms with van der Waals surface area (Å²) in [5.74, 6) is 3.77. The highest BCUT2D eigenvalue weighted by Crippen LogP contribution is 2.55. The molecule has 1 aliphatic rings. The van der Waals surface area contributed by atoms with Crippen molar-refractivity contribution in [3.05, 3.63) is 34.9 Å². The first-order valence-electron chi connectivity index (χ1n) is 10.2. The monoisotopic (exact) mass is 432 g/mol. The summed E-state index contributed by atoms with van der Waals surface area (Å²) in [5.41, 5.74) is 2.89. The molecule has 0 unspecified atom stereocenters. The summed E-state index contributed by atoms with van der Waals surface area (Å²) in [6.07, 6.45) is 0.669. The van der Waals surface area contributed by atoms with Gasteiger partial charge in [0.25, 0.3) is 0 Å². The molecule has 0 amide bonds. The van der Waals surface area contributed by atoms with E-state index in [1.54, 1.807) is 42.7 Å². The van der Waals surface area contributed by atoms with E-state index >= 15 is 0 Å². The maximum atomic E-state index is 10.2. The van der Waals surface area contributed by atoms with Gasteiger partial charge in [-0.25, -0.2) is 0 Å². The SMILES string of the molecule is COc1cc(OC)c([C@H]2c3c(c(OC)cc(OC)c3OC)C[C@@H](CO)[C@@H]2C)cc1OC. The zero-order valence-electron chi connectivity index (χ0n) is 19.3. The Kier molecular flexibility index (Phi) is 7.05. The largest absolute Gasteiger partial charge is 0.496 e. The molecule has 0 aliphatic heterocycles. The van der Waals surface area contributed by atoms with Crippen LogP contribution in [0.2, 0.25) is 0 Å². The van der Waals surface area contributed by atoms with Gasteiger partial charge < -0.3 is 33.5 Å². The van der Waals surface area contributed by atoms with Crippen LogP contribution in [-0.2, 0) is 6.42 Å². The van der Waals surface area contributed by atoms with Crippen LogP contribution in [0.15, 0.2) is 18.2 Å². The summed E-state index contributed by atoms with van der Waals surface area (Å²) in [6, 6.07) is 5.60. The smallest absolute Gasteiger partial charge is 0.165 e. The highest BCUT2D eigenvalue weighted by atomic mass is 16.5. The predicted molar refractivity (Wildman–Crippen MR) is 117 cm³/mol. The van der Waals surface area contributed by atoms with Crippen LogP contribution in [0.4, 0.5) is 0 Å². The topological polar surface area (TPSA) is 75.6 Å². The van der Waals surface area contributed by atoms with Gasteiger partial charge in [-0.2, -0.15) is 0 Å². The Morgan fingerprint density at radius 2 is 1.29 bits per heavy atom. The van der Waals surface area contributed by atoms with Crippen molar-refractivity contribution in [3.8, 4) is 34.5 Å². The number of benzene rings is 2. The van der Waals surface area contributed by atoms with E-state index in [2.05, 4.69) is 6.92 Å². The molecule has 3 atom stereocenters. The number of aliphatic hydroxyl groups excluding tert-OH is 1. The van der Waals surface area contributed by atoms with E-state index in [4.69, 9.17) is 28.4 Å². The molecule has 31 heavy (non-hydrogen) atoms. The standard InChI is InChI=1S/C24H32O7/c1-13-14(12-25)8-15-18(27-3)11-21(30-6)24(31-7)23(15)22(13)16-9-19(28-4)20(29-5)10-17(16)26-2/h9-11,13-14,22,25H,8,12H2,1-7H3/t13-,14-,22-/m0/s1. The molecule has 2 aromatic rings. The lowest BCUT2D eigenvalue weighted by Gasteiger charge is -2.39. The van der Waals surface area contributed by atoms with Crippen molar-refractivity contribution in [2.75, 3.05) is 49.3 Å². The third kappa shape index (κ3) is 3.82. The molecule has 0 radical (unpaired) electrons. The van der Waals surface area contributed by atoms with Crippen molar-refractivity contribution < 1.29 is 33.5 Å². The molecule has 170 valence electrons. The number of rotatable bonds is 8. The summed E-state index contributed by atoms with van der Waals surface area (Å²) in [6.45, 7) is 2.19. The quantitative estimate of drug-likeness (QED) is 0.682. The zero-order valence-corrected chi connectivity index (χ0v) is 19.3. The maximum absolute atomic E-state index is 10.2. The molecule has 0 heterocycles. The van der Waals surface area contributed by atoms with Crippen LogP contribution in [0.3, 0.4) is 0 Å². The lowest BCUT2D eigenvalue weighted by atomic mass is 9.66.